The molecule has 0 unspecified atom stereocenters. The van der Waals surface area contributed by atoms with Crippen LogP contribution in [0.2, 0.25) is 0 Å². The maximum absolute atomic E-state index is 5.89. The van der Waals surface area contributed by atoms with E-state index in [9.17, 15) is 0 Å². The topological polar surface area (TPSA) is 43.4 Å². The average Bonchev–Trinajstić information content (AvgIpc) is 2.44. The Morgan fingerprint density at radius 1 is 1.19 bits per heavy atom. The number of ether oxygens (including phenoxy) is 2. The van der Waals surface area contributed by atoms with E-state index in [4.69, 9.17) is 14.5 Å². The van der Waals surface area contributed by atoms with Crippen LogP contribution in [0.1, 0.15) is 33.3 Å². The lowest BCUT2D eigenvalue weighted by atomic mass is 10.1. The van der Waals surface area contributed by atoms with Crippen LogP contribution in [0, 0.1) is 0 Å². The predicted molar refractivity (Wildman–Crippen MR) is 87.0 cm³/mol. The van der Waals surface area contributed by atoms with Gasteiger partial charge in [0.15, 0.2) is 0 Å². The third-order valence-corrected chi connectivity index (χ3v) is 3.11. The Hall–Kier alpha value is -1.81. The molecular weight excluding hydrogens is 264 g/mol. The van der Waals surface area contributed by atoms with Crippen LogP contribution in [0.15, 0.2) is 24.3 Å². The highest BCUT2D eigenvalue weighted by Gasteiger charge is 2.13. The zero-order valence-electron chi connectivity index (χ0n) is 13.5. The summed E-state index contributed by atoms with van der Waals surface area (Å²) in [5.41, 5.74) is 1.83. The number of methoxy groups -OCH3 is 1. The monoisotopic (exact) mass is 288 g/mol. The Bertz CT molecular complexity index is 618. The van der Waals surface area contributed by atoms with E-state index in [1.807, 2.05) is 18.2 Å². The first-order valence-corrected chi connectivity index (χ1v) is 7.28. The largest absolute Gasteiger partial charge is 0.497 e. The number of anilines is 1. The van der Waals surface area contributed by atoms with E-state index in [-0.39, 0.29) is 5.60 Å². The van der Waals surface area contributed by atoms with Crippen molar-refractivity contribution in [3.05, 3.63) is 29.8 Å². The molecule has 21 heavy (non-hydrogen) atoms. The Labute approximate surface area is 126 Å². The molecule has 1 aromatic carbocycles. The van der Waals surface area contributed by atoms with Crippen LogP contribution in [-0.4, -0.2) is 24.2 Å². The fourth-order valence-electron chi connectivity index (χ4n) is 2.04. The summed E-state index contributed by atoms with van der Waals surface area (Å²) in [6.07, 6.45) is 0. The smallest absolute Gasteiger partial charge is 0.132 e. The normalized spacial score (nSPS) is 11.7. The molecule has 114 valence electrons. The Morgan fingerprint density at radius 2 is 1.95 bits per heavy atom. The second-order valence-electron chi connectivity index (χ2n) is 5.99. The van der Waals surface area contributed by atoms with Crippen LogP contribution in [0.3, 0.4) is 0 Å². The van der Waals surface area contributed by atoms with Gasteiger partial charge in [0.25, 0.3) is 0 Å². The van der Waals surface area contributed by atoms with Crippen LogP contribution in [0.4, 0.5) is 5.82 Å². The number of pyridine rings is 1. The van der Waals surface area contributed by atoms with Crippen molar-refractivity contribution in [1.29, 1.82) is 0 Å². The zero-order chi connectivity index (χ0) is 15.5. The highest BCUT2D eigenvalue weighted by molar-refractivity contribution is 5.83. The minimum absolute atomic E-state index is 0.168. The second-order valence-corrected chi connectivity index (χ2v) is 5.99. The number of nitrogens with one attached hydrogen (secondary N) is 1. The van der Waals surface area contributed by atoms with Gasteiger partial charge in [-0.3, -0.25) is 0 Å². The van der Waals surface area contributed by atoms with Gasteiger partial charge in [0.2, 0.25) is 0 Å². The third-order valence-electron chi connectivity index (χ3n) is 3.11. The zero-order valence-corrected chi connectivity index (χ0v) is 13.5. The lowest BCUT2D eigenvalue weighted by Gasteiger charge is -2.21. The van der Waals surface area contributed by atoms with Gasteiger partial charge in [-0.1, -0.05) is 0 Å². The summed E-state index contributed by atoms with van der Waals surface area (Å²) in [6.45, 7) is 9.59. The summed E-state index contributed by atoms with van der Waals surface area (Å²) < 4.78 is 11.2. The number of fused-ring (bicyclic) bond motifs is 1. The standard InChI is InChI=1S/C17H24N2O2/c1-6-18-16-13(11-21-17(2,3)4)9-12-7-8-14(20-5)10-15(12)19-16/h7-10H,6,11H2,1-5H3,(H,18,19). The number of hydrogen-bond acceptors (Lipinski definition) is 4. The Morgan fingerprint density at radius 3 is 2.57 bits per heavy atom. The van der Waals surface area contributed by atoms with Gasteiger partial charge in [0.05, 0.1) is 24.8 Å². The molecule has 0 spiro atoms. The molecule has 0 aliphatic heterocycles. The van der Waals surface area contributed by atoms with E-state index >= 15 is 0 Å². The summed E-state index contributed by atoms with van der Waals surface area (Å²) >= 11 is 0. The van der Waals surface area contributed by atoms with E-state index in [0.29, 0.717) is 6.61 Å². The highest BCUT2D eigenvalue weighted by atomic mass is 16.5. The summed E-state index contributed by atoms with van der Waals surface area (Å²) in [5.74, 6) is 1.69. The van der Waals surface area contributed by atoms with Crippen molar-refractivity contribution >= 4 is 16.7 Å². The van der Waals surface area contributed by atoms with Crippen LogP contribution in [0.5, 0.6) is 5.75 Å². The van der Waals surface area contributed by atoms with Gasteiger partial charge < -0.3 is 14.8 Å². The van der Waals surface area contributed by atoms with Gasteiger partial charge in [0, 0.05) is 23.6 Å². The number of benzene rings is 1. The van der Waals surface area contributed by atoms with Crippen molar-refractivity contribution in [2.24, 2.45) is 0 Å². The van der Waals surface area contributed by atoms with Gasteiger partial charge in [-0.2, -0.15) is 0 Å². The molecule has 1 aromatic heterocycles. The van der Waals surface area contributed by atoms with E-state index in [0.717, 1.165) is 34.6 Å². The van der Waals surface area contributed by atoms with Crippen molar-refractivity contribution < 1.29 is 9.47 Å². The molecule has 0 fully saturated rings. The van der Waals surface area contributed by atoms with Crippen molar-refractivity contribution in [2.75, 3.05) is 19.0 Å². The van der Waals surface area contributed by atoms with E-state index in [2.05, 4.69) is 39.1 Å². The maximum atomic E-state index is 5.89. The van der Waals surface area contributed by atoms with Crippen LogP contribution < -0.4 is 10.1 Å². The lowest BCUT2D eigenvalue weighted by molar-refractivity contribution is -0.0147. The molecule has 0 radical (unpaired) electrons. The SMILES string of the molecule is CCNc1nc2cc(OC)ccc2cc1COC(C)(C)C. The van der Waals surface area contributed by atoms with Gasteiger partial charge >= 0.3 is 0 Å². The van der Waals surface area contributed by atoms with Gasteiger partial charge in [-0.25, -0.2) is 4.98 Å². The Kier molecular flexibility index (Phi) is 4.68. The minimum atomic E-state index is -0.168. The number of nitrogens with zero attached hydrogens (tertiary/aromatic N) is 1. The van der Waals surface area contributed by atoms with Crippen LogP contribution in [0.25, 0.3) is 10.9 Å². The van der Waals surface area contributed by atoms with E-state index in [1.54, 1.807) is 7.11 Å². The molecule has 0 saturated carbocycles. The first kappa shape index (κ1) is 15.6. The molecule has 0 amide bonds. The van der Waals surface area contributed by atoms with Gasteiger partial charge in [0.1, 0.15) is 11.6 Å². The second kappa shape index (κ2) is 6.31. The highest BCUT2D eigenvalue weighted by Crippen LogP contribution is 2.25. The van der Waals surface area contributed by atoms with E-state index < -0.39 is 0 Å². The molecule has 0 atom stereocenters. The molecular formula is C17H24N2O2. The first-order valence-electron chi connectivity index (χ1n) is 7.28. The summed E-state index contributed by atoms with van der Waals surface area (Å²) in [6, 6.07) is 8.05. The molecule has 0 aliphatic rings. The number of hydrogen-bond donors (Lipinski definition) is 1. The molecule has 1 heterocycles. The molecule has 0 bridgehead atoms. The van der Waals surface area contributed by atoms with Crippen molar-refractivity contribution in [1.82, 2.24) is 4.98 Å². The van der Waals surface area contributed by atoms with Gasteiger partial charge in [-0.05, 0) is 45.9 Å². The first-order chi connectivity index (χ1) is 9.93. The summed E-state index contributed by atoms with van der Waals surface area (Å²) in [7, 11) is 1.66. The minimum Gasteiger partial charge on any atom is -0.497 e. The predicted octanol–water partition coefficient (Wildman–Crippen LogP) is 3.99. The molecule has 1 N–H and O–H groups in total. The van der Waals surface area contributed by atoms with Crippen molar-refractivity contribution in [2.45, 2.75) is 39.9 Å². The molecule has 2 rings (SSSR count). The molecule has 2 aromatic rings. The summed E-state index contributed by atoms with van der Waals surface area (Å²) in [5, 5.41) is 4.40. The van der Waals surface area contributed by atoms with Crippen molar-refractivity contribution in [3.8, 4) is 5.75 Å². The number of aromatic nitrogens is 1. The van der Waals surface area contributed by atoms with E-state index in [1.165, 1.54) is 0 Å². The molecule has 0 aliphatic carbocycles. The Balaban J connectivity index is 2.40. The molecule has 4 nitrogen and oxygen atoms in total. The fourth-order valence-corrected chi connectivity index (χ4v) is 2.04. The summed E-state index contributed by atoms with van der Waals surface area (Å²) in [4.78, 5) is 4.70. The lowest BCUT2D eigenvalue weighted by Crippen LogP contribution is -2.19. The molecule has 0 saturated heterocycles. The van der Waals surface area contributed by atoms with Gasteiger partial charge in [-0.15, -0.1) is 0 Å². The maximum Gasteiger partial charge on any atom is 0.132 e. The van der Waals surface area contributed by atoms with Crippen LogP contribution >= 0.6 is 0 Å². The third kappa shape index (κ3) is 4.08. The van der Waals surface area contributed by atoms with Crippen molar-refractivity contribution in [3.63, 3.8) is 0 Å². The van der Waals surface area contributed by atoms with Crippen LogP contribution in [-0.2, 0) is 11.3 Å². The fraction of sp³-hybridized carbons (Fsp3) is 0.471. The quantitative estimate of drug-likeness (QED) is 0.903. The number of rotatable bonds is 5. The average molecular weight is 288 g/mol. The molecule has 4 heteroatoms.